The van der Waals surface area contributed by atoms with E-state index in [0.717, 1.165) is 19.4 Å². The molecule has 2 unspecified atom stereocenters. The van der Waals surface area contributed by atoms with Gasteiger partial charge in [0.25, 0.3) is 0 Å². The second-order valence-electron chi connectivity index (χ2n) is 5.95. The summed E-state index contributed by atoms with van der Waals surface area (Å²) in [7, 11) is 0. The SMILES string of the molecule is O=C(Cn1cccc1C(=O)O)NC1CCN2CCCC2C1. The first kappa shape index (κ1) is 14.1. The monoisotopic (exact) mass is 291 g/mol. The summed E-state index contributed by atoms with van der Waals surface area (Å²) in [5.74, 6) is -1.11. The van der Waals surface area contributed by atoms with E-state index in [4.69, 9.17) is 5.11 Å². The number of rotatable bonds is 4. The van der Waals surface area contributed by atoms with Crippen LogP contribution < -0.4 is 5.32 Å². The topological polar surface area (TPSA) is 74.6 Å². The van der Waals surface area contributed by atoms with Gasteiger partial charge in [-0.15, -0.1) is 0 Å². The Morgan fingerprint density at radius 2 is 2.19 bits per heavy atom. The fourth-order valence-electron chi connectivity index (χ4n) is 3.53. The van der Waals surface area contributed by atoms with Gasteiger partial charge in [-0.05, 0) is 44.4 Å². The second-order valence-corrected chi connectivity index (χ2v) is 5.95. The third-order valence-electron chi connectivity index (χ3n) is 4.55. The van der Waals surface area contributed by atoms with Crippen molar-refractivity contribution in [1.29, 1.82) is 0 Å². The van der Waals surface area contributed by atoms with Crippen LogP contribution in [0.25, 0.3) is 0 Å². The molecular weight excluding hydrogens is 270 g/mol. The molecule has 1 amide bonds. The molecule has 6 nitrogen and oxygen atoms in total. The molecule has 2 saturated heterocycles. The summed E-state index contributed by atoms with van der Waals surface area (Å²) in [5, 5.41) is 12.1. The minimum absolute atomic E-state index is 0.0690. The van der Waals surface area contributed by atoms with Crippen molar-refractivity contribution >= 4 is 11.9 Å². The summed E-state index contributed by atoms with van der Waals surface area (Å²) < 4.78 is 1.47. The normalized spacial score (nSPS) is 25.5. The van der Waals surface area contributed by atoms with Crippen LogP contribution in [0.3, 0.4) is 0 Å². The number of hydrogen-bond donors (Lipinski definition) is 2. The Bertz CT molecular complexity index is 540. The Morgan fingerprint density at radius 3 is 3.00 bits per heavy atom. The van der Waals surface area contributed by atoms with E-state index in [1.165, 1.54) is 30.0 Å². The van der Waals surface area contributed by atoms with Crippen molar-refractivity contribution in [2.45, 2.75) is 44.3 Å². The fraction of sp³-hybridized carbons (Fsp3) is 0.600. The zero-order chi connectivity index (χ0) is 14.8. The van der Waals surface area contributed by atoms with Gasteiger partial charge in [-0.1, -0.05) is 0 Å². The van der Waals surface area contributed by atoms with E-state index in [2.05, 4.69) is 10.2 Å². The van der Waals surface area contributed by atoms with Crippen LogP contribution in [0, 0.1) is 0 Å². The van der Waals surface area contributed by atoms with Crippen molar-refractivity contribution in [3.8, 4) is 0 Å². The first-order valence-corrected chi connectivity index (χ1v) is 7.55. The lowest BCUT2D eigenvalue weighted by Crippen LogP contribution is -2.48. The van der Waals surface area contributed by atoms with Crippen LogP contribution in [0.1, 0.15) is 36.2 Å². The van der Waals surface area contributed by atoms with E-state index in [1.54, 1.807) is 12.3 Å². The molecule has 2 N–H and O–H groups in total. The smallest absolute Gasteiger partial charge is 0.352 e. The van der Waals surface area contributed by atoms with Crippen molar-refractivity contribution in [2.24, 2.45) is 0 Å². The van der Waals surface area contributed by atoms with Gasteiger partial charge in [0.05, 0.1) is 0 Å². The molecule has 0 radical (unpaired) electrons. The minimum Gasteiger partial charge on any atom is -0.477 e. The number of aromatic carboxylic acids is 1. The Kier molecular flexibility index (Phi) is 3.96. The van der Waals surface area contributed by atoms with Crippen molar-refractivity contribution < 1.29 is 14.7 Å². The number of aromatic nitrogens is 1. The zero-order valence-corrected chi connectivity index (χ0v) is 12.0. The van der Waals surface area contributed by atoms with Crippen LogP contribution in [0.5, 0.6) is 0 Å². The number of carboxylic acids is 1. The Labute approximate surface area is 123 Å². The van der Waals surface area contributed by atoms with Crippen molar-refractivity contribution in [1.82, 2.24) is 14.8 Å². The van der Waals surface area contributed by atoms with Gasteiger partial charge in [-0.3, -0.25) is 4.79 Å². The second kappa shape index (κ2) is 5.89. The molecule has 2 atom stereocenters. The van der Waals surface area contributed by atoms with E-state index in [9.17, 15) is 9.59 Å². The van der Waals surface area contributed by atoms with Crippen molar-refractivity contribution in [3.63, 3.8) is 0 Å². The lowest BCUT2D eigenvalue weighted by molar-refractivity contribution is -0.122. The third-order valence-corrected chi connectivity index (χ3v) is 4.55. The molecular formula is C15H21N3O3. The summed E-state index contributed by atoms with van der Waals surface area (Å²) in [5.41, 5.74) is 0.149. The molecule has 0 bridgehead atoms. The molecule has 6 heteroatoms. The highest BCUT2D eigenvalue weighted by Crippen LogP contribution is 2.26. The maximum Gasteiger partial charge on any atom is 0.352 e. The number of amides is 1. The number of nitrogens with zero attached hydrogens (tertiary/aromatic N) is 2. The van der Waals surface area contributed by atoms with Gasteiger partial charge in [0.2, 0.25) is 5.91 Å². The molecule has 0 spiro atoms. The molecule has 2 aliphatic heterocycles. The van der Waals surface area contributed by atoms with Crippen molar-refractivity contribution in [2.75, 3.05) is 13.1 Å². The van der Waals surface area contributed by atoms with E-state index in [0.29, 0.717) is 6.04 Å². The highest BCUT2D eigenvalue weighted by Gasteiger charge is 2.32. The van der Waals surface area contributed by atoms with Gasteiger partial charge >= 0.3 is 5.97 Å². The van der Waals surface area contributed by atoms with Crippen LogP contribution >= 0.6 is 0 Å². The third kappa shape index (κ3) is 3.10. The molecule has 2 aliphatic rings. The van der Waals surface area contributed by atoms with Crippen LogP contribution in [0.4, 0.5) is 0 Å². The first-order chi connectivity index (χ1) is 10.1. The zero-order valence-electron chi connectivity index (χ0n) is 12.0. The quantitative estimate of drug-likeness (QED) is 0.865. The molecule has 3 rings (SSSR count). The summed E-state index contributed by atoms with van der Waals surface area (Å²) >= 11 is 0. The lowest BCUT2D eigenvalue weighted by Gasteiger charge is -2.35. The molecule has 1 aromatic heterocycles. The molecule has 1 aromatic rings. The summed E-state index contributed by atoms with van der Waals surface area (Å²) in [6.45, 7) is 2.32. The highest BCUT2D eigenvalue weighted by molar-refractivity contribution is 5.86. The Morgan fingerprint density at radius 1 is 1.33 bits per heavy atom. The molecule has 2 fully saturated rings. The number of nitrogens with one attached hydrogen (secondary N) is 1. The number of carbonyl (C=O) groups excluding carboxylic acids is 1. The lowest BCUT2D eigenvalue weighted by atomic mass is 9.97. The minimum atomic E-state index is -1.01. The Balaban J connectivity index is 1.54. The van der Waals surface area contributed by atoms with Crippen LogP contribution in [0.15, 0.2) is 18.3 Å². The maximum absolute atomic E-state index is 12.1. The summed E-state index contributed by atoms with van der Waals surface area (Å²) in [6, 6.07) is 3.99. The number of piperidine rings is 1. The Hall–Kier alpha value is -1.82. The van der Waals surface area contributed by atoms with Crippen molar-refractivity contribution in [3.05, 3.63) is 24.0 Å². The molecule has 3 heterocycles. The van der Waals surface area contributed by atoms with Crippen LogP contribution in [-0.4, -0.2) is 51.6 Å². The molecule has 114 valence electrons. The average Bonchev–Trinajstić information content (AvgIpc) is 3.06. The number of carboxylic acid groups (broad SMARTS) is 1. The highest BCUT2D eigenvalue weighted by atomic mass is 16.4. The van der Waals surface area contributed by atoms with Gasteiger partial charge in [-0.25, -0.2) is 4.79 Å². The first-order valence-electron chi connectivity index (χ1n) is 7.55. The largest absolute Gasteiger partial charge is 0.477 e. The standard InChI is InChI=1S/C15H21N3O3/c19-14(10-18-7-2-4-13(18)15(20)21)16-11-5-8-17-6-1-3-12(17)9-11/h2,4,7,11-12H,1,3,5-6,8-10H2,(H,16,19)(H,20,21). The molecule has 0 aromatic carbocycles. The molecule has 21 heavy (non-hydrogen) atoms. The van der Waals surface area contributed by atoms with E-state index in [1.807, 2.05) is 0 Å². The van der Waals surface area contributed by atoms with Crippen LogP contribution in [-0.2, 0) is 11.3 Å². The van der Waals surface area contributed by atoms with Gasteiger partial charge in [0.15, 0.2) is 0 Å². The summed E-state index contributed by atoms with van der Waals surface area (Å²) in [4.78, 5) is 25.6. The van der Waals surface area contributed by atoms with Gasteiger partial charge in [0, 0.05) is 24.8 Å². The molecule has 0 saturated carbocycles. The summed E-state index contributed by atoms with van der Waals surface area (Å²) in [6.07, 6.45) is 6.12. The predicted molar refractivity (Wildman–Crippen MR) is 77.2 cm³/mol. The fourth-order valence-corrected chi connectivity index (χ4v) is 3.53. The van der Waals surface area contributed by atoms with E-state index < -0.39 is 5.97 Å². The number of hydrogen-bond acceptors (Lipinski definition) is 3. The molecule has 0 aliphatic carbocycles. The van der Waals surface area contributed by atoms with Crippen LogP contribution in [0.2, 0.25) is 0 Å². The number of carbonyl (C=O) groups is 2. The predicted octanol–water partition coefficient (Wildman–Crippen LogP) is 0.929. The van der Waals surface area contributed by atoms with Gasteiger partial charge in [-0.2, -0.15) is 0 Å². The van der Waals surface area contributed by atoms with E-state index in [-0.39, 0.29) is 24.2 Å². The van der Waals surface area contributed by atoms with E-state index >= 15 is 0 Å². The number of fused-ring (bicyclic) bond motifs is 1. The average molecular weight is 291 g/mol. The maximum atomic E-state index is 12.1. The van der Waals surface area contributed by atoms with Gasteiger partial charge in [0.1, 0.15) is 12.2 Å². The van der Waals surface area contributed by atoms with Gasteiger partial charge < -0.3 is 19.9 Å².